The molecule has 1 aromatic rings. The van der Waals surface area contributed by atoms with Gasteiger partial charge < -0.3 is 14.6 Å². The van der Waals surface area contributed by atoms with Crippen LogP contribution in [0.25, 0.3) is 0 Å². The summed E-state index contributed by atoms with van der Waals surface area (Å²) in [6.07, 6.45) is 3.14. The summed E-state index contributed by atoms with van der Waals surface area (Å²) >= 11 is 0. The molecule has 3 unspecified atom stereocenters. The van der Waals surface area contributed by atoms with Crippen LogP contribution in [0.3, 0.4) is 0 Å². The molecule has 2 fully saturated rings. The Bertz CT molecular complexity index is 566. The Kier molecular flexibility index (Phi) is 3.07. The van der Waals surface area contributed by atoms with Crippen molar-refractivity contribution in [3.63, 3.8) is 0 Å². The van der Waals surface area contributed by atoms with Crippen molar-refractivity contribution in [3.05, 3.63) is 23.8 Å². The minimum Gasteiger partial charge on any atom is -0.493 e. The van der Waals surface area contributed by atoms with Crippen LogP contribution in [0.4, 0.5) is 0 Å². The summed E-state index contributed by atoms with van der Waals surface area (Å²) in [4.78, 5) is 0. The minimum absolute atomic E-state index is 0.0930. The van der Waals surface area contributed by atoms with E-state index in [0.29, 0.717) is 17.4 Å². The molecule has 0 aliphatic heterocycles. The highest BCUT2D eigenvalue weighted by atomic mass is 16.5. The highest BCUT2D eigenvalue weighted by Gasteiger charge is 2.68. The van der Waals surface area contributed by atoms with E-state index in [2.05, 4.69) is 20.8 Å². The molecule has 2 bridgehead atoms. The summed E-state index contributed by atoms with van der Waals surface area (Å²) in [6, 6.07) is 5.83. The maximum absolute atomic E-state index is 11.5. The van der Waals surface area contributed by atoms with Gasteiger partial charge >= 0.3 is 0 Å². The van der Waals surface area contributed by atoms with E-state index < -0.39 is 5.60 Å². The molecule has 116 valence electrons. The molecule has 2 aliphatic rings. The highest BCUT2D eigenvalue weighted by molar-refractivity contribution is 5.46. The lowest BCUT2D eigenvalue weighted by Crippen LogP contribution is -2.44. The van der Waals surface area contributed by atoms with Gasteiger partial charge in [0.1, 0.15) is 0 Å². The predicted molar refractivity (Wildman–Crippen MR) is 82.7 cm³/mol. The van der Waals surface area contributed by atoms with Gasteiger partial charge in [-0.1, -0.05) is 26.8 Å². The second-order valence-corrected chi connectivity index (χ2v) is 7.42. The van der Waals surface area contributed by atoms with Gasteiger partial charge in [0.15, 0.2) is 11.5 Å². The topological polar surface area (TPSA) is 38.7 Å². The van der Waals surface area contributed by atoms with E-state index in [1.807, 2.05) is 18.2 Å². The molecule has 21 heavy (non-hydrogen) atoms. The zero-order valence-electron chi connectivity index (χ0n) is 13.7. The van der Waals surface area contributed by atoms with Gasteiger partial charge in [-0.2, -0.15) is 0 Å². The molecule has 2 aliphatic carbocycles. The lowest BCUT2D eigenvalue weighted by atomic mass is 9.62. The number of rotatable bonds is 3. The molecule has 3 rings (SSSR count). The number of ether oxygens (including phenoxy) is 2. The van der Waals surface area contributed by atoms with Gasteiger partial charge in [-0.25, -0.2) is 0 Å². The summed E-state index contributed by atoms with van der Waals surface area (Å²) in [5, 5.41) is 11.5. The zero-order valence-corrected chi connectivity index (χ0v) is 13.7. The third-order valence-corrected chi connectivity index (χ3v) is 6.75. The van der Waals surface area contributed by atoms with Crippen LogP contribution in [0.5, 0.6) is 11.5 Å². The molecule has 1 aromatic carbocycles. The molecule has 0 aromatic heterocycles. The second-order valence-electron chi connectivity index (χ2n) is 7.42. The van der Waals surface area contributed by atoms with Crippen LogP contribution in [-0.4, -0.2) is 19.3 Å². The molecule has 3 atom stereocenters. The van der Waals surface area contributed by atoms with E-state index >= 15 is 0 Å². The number of methoxy groups -OCH3 is 2. The standard InChI is InChI=1S/C18H26O3/c1-16(2)13-8-9-17(16,3)18(19,11-13)12-6-7-14(20-4)15(10-12)21-5/h6-7,10,13,19H,8-9,11H2,1-5H3. The van der Waals surface area contributed by atoms with Crippen molar-refractivity contribution in [3.8, 4) is 11.5 Å². The Morgan fingerprint density at radius 2 is 1.76 bits per heavy atom. The molecule has 1 N–H and O–H groups in total. The second kappa shape index (κ2) is 4.39. The predicted octanol–water partition coefficient (Wildman–Crippen LogP) is 3.74. The molecule has 0 spiro atoms. The Labute approximate surface area is 127 Å². The van der Waals surface area contributed by atoms with E-state index in [1.165, 1.54) is 6.42 Å². The first kappa shape index (κ1) is 14.7. The van der Waals surface area contributed by atoms with Crippen LogP contribution >= 0.6 is 0 Å². The number of benzene rings is 1. The third kappa shape index (κ3) is 1.64. The summed E-state index contributed by atoms with van der Waals surface area (Å²) in [5.41, 5.74) is 0.246. The van der Waals surface area contributed by atoms with Crippen molar-refractivity contribution in [1.29, 1.82) is 0 Å². The molecule has 0 heterocycles. The third-order valence-electron chi connectivity index (χ3n) is 6.75. The largest absolute Gasteiger partial charge is 0.493 e. The fourth-order valence-corrected chi connectivity index (χ4v) is 4.81. The van der Waals surface area contributed by atoms with Crippen molar-refractivity contribution in [1.82, 2.24) is 0 Å². The van der Waals surface area contributed by atoms with E-state index in [-0.39, 0.29) is 10.8 Å². The van der Waals surface area contributed by atoms with Crippen molar-refractivity contribution in [2.24, 2.45) is 16.7 Å². The van der Waals surface area contributed by atoms with Crippen LogP contribution in [-0.2, 0) is 5.60 Å². The maximum atomic E-state index is 11.5. The number of fused-ring (bicyclic) bond motifs is 2. The van der Waals surface area contributed by atoms with Gasteiger partial charge in [-0.15, -0.1) is 0 Å². The van der Waals surface area contributed by atoms with Crippen molar-refractivity contribution >= 4 is 0 Å². The molecule has 2 saturated carbocycles. The first-order valence-electron chi connectivity index (χ1n) is 7.75. The van der Waals surface area contributed by atoms with Gasteiger partial charge in [-0.05, 0) is 48.3 Å². The average Bonchev–Trinajstić information content (AvgIpc) is 2.78. The van der Waals surface area contributed by atoms with Crippen molar-refractivity contribution in [2.75, 3.05) is 14.2 Å². The Hall–Kier alpha value is -1.22. The first-order chi connectivity index (χ1) is 9.80. The molecule has 3 nitrogen and oxygen atoms in total. The number of aliphatic hydroxyl groups is 1. The van der Waals surface area contributed by atoms with Crippen molar-refractivity contribution < 1.29 is 14.6 Å². The molecular weight excluding hydrogens is 264 g/mol. The van der Waals surface area contributed by atoms with Gasteiger partial charge in [0, 0.05) is 5.41 Å². The number of hydrogen-bond acceptors (Lipinski definition) is 3. The first-order valence-corrected chi connectivity index (χ1v) is 7.75. The normalized spacial score (nSPS) is 36.8. The smallest absolute Gasteiger partial charge is 0.161 e. The van der Waals surface area contributed by atoms with Gasteiger partial charge in [0.25, 0.3) is 0 Å². The molecule has 0 saturated heterocycles. The SMILES string of the molecule is COc1ccc(C2(O)CC3CCC2(C)C3(C)C)cc1OC. The van der Waals surface area contributed by atoms with Crippen LogP contribution in [0.1, 0.15) is 45.6 Å². The van der Waals surface area contributed by atoms with Crippen LogP contribution in [0.15, 0.2) is 18.2 Å². The highest BCUT2D eigenvalue weighted by Crippen LogP contribution is 2.72. The molecule has 0 amide bonds. The zero-order chi connectivity index (χ0) is 15.5. The van der Waals surface area contributed by atoms with Gasteiger partial charge in [0.2, 0.25) is 0 Å². The molecule has 0 radical (unpaired) electrons. The number of hydrogen-bond donors (Lipinski definition) is 1. The fraction of sp³-hybridized carbons (Fsp3) is 0.667. The summed E-state index contributed by atoms with van der Waals surface area (Å²) in [5.74, 6) is 1.98. The molecule has 3 heteroatoms. The van der Waals surface area contributed by atoms with Crippen LogP contribution < -0.4 is 9.47 Å². The Balaban J connectivity index is 2.09. The monoisotopic (exact) mass is 290 g/mol. The fourth-order valence-electron chi connectivity index (χ4n) is 4.81. The van der Waals surface area contributed by atoms with Crippen molar-refractivity contribution in [2.45, 2.75) is 45.6 Å². The van der Waals surface area contributed by atoms with Crippen LogP contribution in [0.2, 0.25) is 0 Å². The maximum Gasteiger partial charge on any atom is 0.161 e. The van der Waals surface area contributed by atoms with Gasteiger partial charge in [0.05, 0.1) is 19.8 Å². The van der Waals surface area contributed by atoms with E-state index in [9.17, 15) is 5.11 Å². The minimum atomic E-state index is -0.779. The summed E-state index contributed by atoms with van der Waals surface area (Å²) in [7, 11) is 3.27. The lowest BCUT2D eigenvalue weighted by molar-refractivity contribution is -0.0958. The average molecular weight is 290 g/mol. The van der Waals surface area contributed by atoms with E-state index in [1.54, 1.807) is 14.2 Å². The summed E-state index contributed by atoms with van der Waals surface area (Å²) < 4.78 is 10.7. The quantitative estimate of drug-likeness (QED) is 0.921. The molecular formula is C18H26O3. The Morgan fingerprint density at radius 1 is 1.10 bits per heavy atom. The summed E-state index contributed by atoms with van der Waals surface area (Å²) in [6.45, 7) is 6.86. The van der Waals surface area contributed by atoms with Crippen LogP contribution in [0, 0.1) is 16.7 Å². The Morgan fingerprint density at radius 3 is 2.24 bits per heavy atom. The van der Waals surface area contributed by atoms with Gasteiger partial charge in [-0.3, -0.25) is 0 Å². The lowest BCUT2D eigenvalue weighted by Gasteiger charge is -2.45. The van der Waals surface area contributed by atoms with E-state index in [4.69, 9.17) is 9.47 Å². The van der Waals surface area contributed by atoms with E-state index in [0.717, 1.165) is 18.4 Å².